The number of hydrogen-bond donors (Lipinski definition) is 1. The van der Waals surface area contributed by atoms with E-state index in [4.69, 9.17) is 4.74 Å². The maximum Gasteiger partial charge on any atom is 0.331 e. The number of benzene rings is 1. The molecule has 0 bridgehead atoms. The Morgan fingerprint density at radius 2 is 1.90 bits per heavy atom. The lowest BCUT2D eigenvalue weighted by Gasteiger charge is -2.05. The van der Waals surface area contributed by atoms with Crippen LogP contribution in [0, 0.1) is 10.1 Å². The number of aromatic nitrogens is 2. The van der Waals surface area contributed by atoms with Gasteiger partial charge in [0.25, 0.3) is 11.2 Å². The number of nitrogens with zero attached hydrogens (tertiary/aromatic N) is 2. The molecule has 2 rings (SSSR count). The summed E-state index contributed by atoms with van der Waals surface area (Å²) in [6, 6.07) is 6.02. The van der Waals surface area contributed by atoms with Crippen molar-refractivity contribution in [2.75, 3.05) is 0 Å². The largest absolute Gasteiger partial charge is 0.425 e. The average Bonchev–Trinajstić information content (AvgIpc) is 2.42. The number of hydrogen-bond acceptors (Lipinski definition) is 6. The number of nitro groups is 1. The zero-order valence-electron chi connectivity index (χ0n) is 10.5. The van der Waals surface area contributed by atoms with Crippen molar-refractivity contribution in [3.8, 4) is 5.75 Å². The number of rotatable bonds is 4. The van der Waals surface area contributed by atoms with Crippen LogP contribution in [0.3, 0.4) is 0 Å². The molecule has 0 aliphatic carbocycles. The molecule has 0 aliphatic heterocycles. The minimum Gasteiger partial charge on any atom is -0.425 e. The Labute approximate surface area is 116 Å². The second-order valence-corrected chi connectivity index (χ2v) is 3.96. The Morgan fingerprint density at radius 3 is 2.48 bits per heavy atom. The van der Waals surface area contributed by atoms with Crippen molar-refractivity contribution in [3.05, 3.63) is 67.5 Å². The molecule has 0 saturated carbocycles. The van der Waals surface area contributed by atoms with Crippen LogP contribution in [0.1, 0.15) is 0 Å². The first-order chi connectivity index (χ1) is 9.95. The van der Waals surface area contributed by atoms with E-state index >= 15 is 0 Å². The van der Waals surface area contributed by atoms with Crippen LogP contribution >= 0.6 is 0 Å². The fraction of sp³-hybridized carbons (Fsp3) is 0.0833. The molecule has 108 valence electrons. The quantitative estimate of drug-likeness (QED) is 0.367. The number of esters is 1. The van der Waals surface area contributed by atoms with E-state index in [1.165, 1.54) is 24.3 Å². The third kappa shape index (κ3) is 3.62. The topological polar surface area (TPSA) is 124 Å². The first-order valence-corrected chi connectivity index (χ1v) is 5.70. The van der Waals surface area contributed by atoms with E-state index < -0.39 is 28.7 Å². The summed E-state index contributed by atoms with van der Waals surface area (Å²) in [6.45, 7) is -0.396. The molecule has 0 aliphatic rings. The zero-order chi connectivity index (χ0) is 15.4. The molecule has 21 heavy (non-hydrogen) atoms. The van der Waals surface area contributed by atoms with Gasteiger partial charge in [0, 0.05) is 24.4 Å². The fourth-order valence-corrected chi connectivity index (χ4v) is 1.51. The smallest absolute Gasteiger partial charge is 0.331 e. The molecule has 0 atom stereocenters. The van der Waals surface area contributed by atoms with Crippen molar-refractivity contribution in [1.29, 1.82) is 0 Å². The minimum atomic E-state index is -0.752. The van der Waals surface area contributed by atoms with Crippen molar-refractivity contribution >= 4 is 11.7 Å². The van der Waals surface area contributed by atoms with Gasteiger partial charge in [-0.05, 0) is 12.1 Å². The van der Waals surface area contributed by atoms with Gasteiger partial charge < -0.3 is 4.74 Å². The van der Waals surface area contributed by atoms with Crippen molar-refractivity contribution in [2.24, 2.45) is 0 Å². The summed E-state index contributed by atoms with van der Waals surface area (Å²) in [6.07, 6.45) is 1.16. The molecule has 0 unspecified atom stereocenters. The number of carbonyl (C=O) groups is 1. The molecule has 0 fully saturated rings. The molecular formula is C12H9N3O6. The highest BCUT2D eigenvalue weighted by molar-refractivity contribution is 5.72. The van der Waals surface area contributed by atoms with E-state index in [0.717, 1.165) is 16.8 Å². The molecule has 1 aromatic heterocycles. The first kappa shape index (κ1) is 14.2. The Morgan fingerprint density at radius 1 is 1.24 bits per heavy atom. The van der Waals surface area contributed by atoms with E-state index in [0.29, 0.717) is 0 Å². The van der Waals surface area contributed by atoms with Crippen LogP contribution in [-0.2, 0) is 11.3 Å². The van der Waals surface area contributed by atoms with Crippen LogP contribution in [0.4, 0.5) is 5.69 Å². The third-order valence-electron chi connectivity index (χ3n) is 2.48. The monoisotopic (exact) mass is 291 g/mol. The molecule has 9 nitrogen and oxygen atoms in total. The van der Waals surface area contributed by atoms with E-state index in [-0.39, 0.29) is 11.4 Å². The lowest BCUT2D eigenvalue weighted by molar-refractivity contribution is -0.384. The summed E-state index contributed by atoms with van der Waals surface area (Å²) >= 11 is 0. The molecular weight excluding hydrogens is 282 g/mol. The van der Waals surface area contributed by atoms with Crippen LogP contribution < -0.4 is 16.0 Å². The van der Waals surface area contributed by atoms with Crippen LogP contribution in [0.2, 0.25) is 0 Å². The first-order valence-electron chi connectivity index (χ1n) is 5.70. The van der Waals surface area contributed by atoms with Gasteiger partial charge in [0.05, 0.1) is 4.92 Å². The number of carbonyl (C=O) groups excluding carboxylic acids is 1. The molecule has 1 heterocycles. The standard InChI is InChI=1S/C12H9N3O6/c16-10-5-6-14(12(18)13-10)7-11(17)21-9-3-1-8(2-4-9)15(19)20/h1-6H,7H2,(H,13,16,18). The molecule has 1 aromatic carbocycles. The van der Waals surface area contributed by atoms with Gasteiger partial charge in [-0.1, -0.05) is 0 Å². The van der Waals surface area contributed by atoms with E-state index in [9.17, 15) is 24.5 Å². The number of ether oxygens (including phenoxy) is 1. The highest BCUT2D eigenvalue weighted by atomic mass is 16.6. The minimum absolute atomic E-state index is 0.114. The molecule has 1 N–H and O–H groups in total. The number of nitro benzene ring substituents is 1. The predicted molar refractivity (Wildman–Crippen MR) is 70.1 cm³/mol. The summed E-state index contributed by atoms with van der Waals surface area (Å²) < 4.78 is 5.89. The highest BCUT2D eigenvalue weighted by Gasteiger charge is 2.09. The van der Waals surface area contributed by atoms with Gasteiger partial charge in [0.15, 0.2) is 0 Å². The Kier molecular flexibility index (Phi) is 3.93. The summed E-state index contributed by atoms with van der Waals surface area (Å²) in [7, 11) is 0. The van der Waals surface area contributed by atoms with Crippen LogP contribution in [-0.4, -0.2) is 20.4 Å². The fourth-order valence-electron chi connectivity index (χ4n) is 1.51. The summed E-state index contributed by atoms with van der Waals surface area (Å²) in [5.74, 6) is -0.638. The highest BCUT2D eigenvalue weighted by Crippen LogP contribution is 2.17. The third-order valence-corrected chi connectivity index (χ3v) is 2.48. The summed E-state index contributed by atoms with van der Waals surface area (Å²) in [5.41, 5.74) is -1.44. The number of H-pyrrole nitrogens is 1. The van der Waals surface area contributed by atoms with E-state index in [2.05, 4.69) is 0 Å². The lowest BCUT2D eigenvalue weighted by atomic mass is 10.3. The Hall–Kier alpha value is -3.23. The van der Waals surface area contributed by atoms with Crippen LogP contribution in [0.25, 0.3) is 0 Å². The predicted octanol–water partition coefficient (Wildman–Crippen LogP) is 0.0504. The second kappa shape index (κ2) is 5.82. The maximum atomic E-state index is 11.6. The summed E-state index contributed by atoms with van der Waals surface area (Å²) in [5, 5.41) is 10.5. The lowest BCUT2D eigenvalue weighted by Crippen LogP contribution is -2.32. The van der Waals surface area contributed by atoms with E-state index in [1.54, 1.807) is 0 Å². The van der Waals surface area contributed by atoms with Crippen LogP contribution in [0.15, 0.2) is 46.1 Å². The molecule has 2 aromatic rings. The second-order valence-electron chi connectivity index (χ2n) is 3.96. The molecule has 0 radical (unpaired) electrons. The van der Waals surface area contributed by atoms with Crippen molar-refractivity contribution < 1.29 is 14.5 Å². The van der Waals surface area contributed by atoms with Gasteiger partial charge in [0.1, 0.15) is 12.3 Å². The van der Waals surface area contributed by atoms with Gasteiger partial charge in [-0.2, -0.15) is 0 Å². The zero-order valence-corrected chi connectivity index (χ0v) is 10.5. The molecule has 9 heteroatoms. The van der Waals surface area contributed by atoms with Gasteiger partial charge >= 0.3 is 11.7 Å². The number of aromatic amines is 1. The van der Waals surface area contributed by atoms with Gasteiger partial charge in [-0.3, -0.25) is 24.5 Å². The average molecular weight is 291 g/mol. The van der Waals surface area contributed by atoms with Crippen molar-refractivity contribution in [2.45, 2.75) is 6.54 Å². The molecule has 0 spiro atoms. The number of nitrogens with one attached hydrogen (secondary N) is 1. The van der Waals surface area contributed by atoms with Gasteiger partial charge in [-0.25, -0.2) is 9.59 Å². The maximum absolute atomic E-state index is 11.6. The van der Waals surface area contributed by atoms with Gasteiger partial charge in [-0.15, -0.1) is 0 Å². The van der Waals surface area contributed by atoms with Crippen molar-refractivity contribution in [1.82, 2.24) is 9.55 Å². The summed E-state index contributed by atoms with van der Waals surface area (Å²) in [4.78, 5) is 45.8. The molecule has 0 saturated heterocycles. The normalized spacial score (nSPS) is 10.1. The van der Waals surface area contributed by atoms with Gasteiger partial charge in [0.2, 0.25) is 0 Å². The Bertz CT molecular complexity index is 790. The van der Waals surface area contributed by atoms with E-state index in [1.807, 2.05) is 4.98 Å². The van der Waals surface area contributed by atoms with Crippen LogP contribution in [0.5, 0.6) is 5.75 Å². The SMILES string of the molecule is O=C(Cn1ccc(=O)[nH]c1=O)Oc1ccc([N+](=O)[O-])cc1. The molecule has 0 amide bonds. The van der Waals surface area contributed by atoms with Crippen molar-refractivity contribution in [3.63, 3.8) is 0 Å². The Balaban J connectivity index is 2.06. The number of non-ortho nitro benzene ring substituents is 1.